The number of benzene rings is 1. The number of nitrogens with zero attached hydrogens (tertiary/aromatic N) is 1. The summed E-state index contributed by atoms with van der Waals surface area (Å²) in [5.74, 6) is 2.77. The third kappa shape index (κ3) is 7.39. The number of unbranched alkanes of at least 4 members (excludes halogenated alkanes) is 1. The van der Waals surface area contributed by atoms with Crippen LogP contribution in [0.25, 0.3) is 0 Å². The molecule has 1 aromatic rings. The van der Waals surface area contributed by atoms with Gasteiger partial charge >= 0.3 is 0 Å². The molecule has 0 unspecified atom stereocenters. The van der Waals surface area contributed by atoms with Gasteiger partial charge in [-0.05, 0) is 18.9 Å². The molecule has 0 amide bonds. The maximum Gasteiger partial charge on any atom is 0.191 e. The number of methoxy groups -OCH3 is 3. The van der Waals surface area contributed by atoms with Crippen LogP contribution < -0.4 is 24.8 Å². The number of aliphatic imine (C=N–C) groups is 1. The minimum Gasteiger partial charge on any atom is -0.496 e. The Hall–Kier alpha value is -2.15. The van der Waals surface area contributed by atoms with Crippen LogP contribution >= 0.6 is 0 Å². The van der Waals surface area contributed by atoms with Crippen LogP contribution in [0.5, 0.6) is 17.2 Å². The number of guanidine groups is 1. The quantitative estimate of drug-likeness (QED) is 0.336. The molecule has 0 saturated carbocycles. The zero-order chi connectivity index (χ0) is 19.2. The van der Waals surface area contributed by atoms with Crippen LogP contribution in [-0.2, 0) is 11.3 Å². The van der Waals surface area contributed by atoms with Gasteiger partial charge in [-0.1, -0.05) is 13.3 Å². The third-order valence-corrected chi connectivity index (χ3v) is 3.86. The second-order valence-corrected chi connectivity index (χ2v) is 5.69. The lowest BCUT2D eigenvalue weighted by molar-refractivity contribution is 0.129. The highest BCUT2D eigenvalue weighted by Crippen LogP contribution is 2.34. The van der Waals surface area contributed by atoms with Gasteiger partial charge in [0.15, 0.2) is 17.5 Å². The fourth-order valence-corrected chi connectivity index (χ4v) is 2.36. The van der Waals surface area contributed by atoms with Gasteiger partial charge in [0.05, 0.1) is 21.3 Å². The molecule has 1 rings (SSSR count). The first-order valence-corrected chi connectivity index (χ1v) is 9.01. The van der Waals surface area contributed by atoms with Gasteiger partial charge < -0.3 is 29.6 Å². The topological polar surface area (TPSA) is 73.3 Å². The zero-order valence-electron chi connectivity index (χ0n) is 16.7. The molecule has 2 N–H and O–H groups in total. The summed E-state index contributed by atoms with van der Waals surface area (Å²) in [6.07, 6.45) is 3.21. The molecule has 0 atom stereocenters. The lowest BCUT2D eigenvalue weighted by Gasteiger charge is -2.16. The molecular formula is C19H33N3O4. The van der Waals surface area contributed by atoms with Crippen LogP contribution in [0.2, 0.25) is 0 Å². The molecule has 7 nitrogen and oxygen atoms in total. The van der Waals surface area contributed by atoms with Crippen molar-refractivity contribution in [3.8, 4) is 17.2 Å². The molecule has 0 radical (unpaired) electrons. The van der Waals surface area contributed by atoms with E-state index in [-0.39, 0.29) is 0 Å². The SMILES string of the molecule is CCCCOCCCNC(=NC)NCc1cc(OC)c(OC)cc1OC. The number of rotatable bonds is 12. The molecular weight excluding hydrogens is 334 g/mol. The van der Waals surface area contributed by atoms with Gasteiger partial charge in [0, 0.05) is 45.0 Å². The predicted molar refractivity (Wildman–Crippen MR) is 105 cm³/mol. The minimum atomic E-state index is 0.552. The number of hydrogen-bond donors (Lipinski definition) is 2. The second kappa shape index (κ2) is 13.1. The minimum absolute atomic E-state index is 0.552. The maximum absolute atomic E-state index is 5.55. The first kappa shape index (κ1) is 21.9. The van der Waals surface area contributed by atoms with Gasteiger partial charge in [0.25, 0.3) is 0 Å². The van der Waals surface area contributed by atoms with Crippen molar-refractivity contribution >= 4 is 5.96 Å². The van der Waals surface area contributed by atoms with Gasteiger partial charge in [-0.25, -0.2) is 0 Å². The molecule has 0 fully saturated rings. The van der Waals surface area contributed by atoms with Crippen molar-refractivity contribution in [2.75, 3.05) is 48.1 Å². The fourth-order valence-electron chi connectivity index (χ4n) is 2.36. The first-order chi connectivity index (χ1) is 12.7. The lowest BCUT2D eigenvalue weighted by Crippen LogP contribution is -2.37. The lowest BCUT2D eigenvalue weighted by atomic mass is 10.1. The Morgan fingerprint density at radius 1 is 0.923 bits per heavy atom. The van der Waals surface area contributed by atoms with Crippen molar-refractivity contribution in [3.05, 3.63) is 17.7 Å². The van der Waals surface area contributed by atoms with Gasteiger partial charge in [0.1, 0.15) is 5.75 Å². The van der Waals surface area contributed by atoms with Gasteiger partial charge in [-0.15, -0.1) is 0 Å². The highest BCUT2D eigenvalue weighted by Gasteiger charge is 2.12. The molecule has 7 heteroatoms. The molecule has 0 aliphatic carbocycles. The summed E-state index contributed by atoms with van der Waals surface area (Å²) in [6.45, 7) is 5.11. The molecule has 0 aliphatic rings. The van der Waals surface area contributed by atoms with Crippen molar-refractivity contribution in [3.63, 3.8) is 0 Å². The highest BCUT2D eigenvalue weighted by atomic mass is 16.5. The van der Waals surface area contributed by atoms with Crippen molar-refractivity contribution in [1.29, 1.82) is 0 Å². The largest absolute Gasteiger partial charge is 0.496 e. The molecule has 0 heterocycles. The average molecular weight is 367 g/mol. The first-order valence-electron chi connectivity index (χ1n) is 9.01. The Balaban J connectivity index is 2.50. The zero-order valence-corrected chi connectivity index (χ0v) is 16.7. The molecule has 0 aromatic heterocycles. The standard InChI is InChI=1S/C19H33N3O4/c1-6-7-10-26-11-8-9-21-19(20-2)22-14-15-12-17(24-4)18(25-5)13-16(15)23-3/h12-13H,6-11,14H2,1-5H3,(H2,20,21,22). The van der Waals surface area contributed by atoms with E-state index in [0.717, 1.165) is 56.3 Å². The monoisotopic (exact) mass is 367 g/mol. The Morgan fingerprint density at radius 2 is 1.58 bits per heavy atom. The summed E-state index contributed by atoms with van der Waals surface area (Å²) in [6, 6.07) is 3.72. The van der Waals surface area contributed by atoms with Crippen LogP contribution in [0, 0.1) is 0 Å². The van der Waals surface area contributed by atoms with Crippen LogP contribution in [0.4, 0.5) is 0 Å². The van der Waals surface area contributed by atoms with E-state index in [2.05, 4.69) is 22.5 Å². The molecule has 0 bridgehead atoms. The van der Waals surface area contributed by atoms with Crippen molar-refractivity contribution in [1.82, 2.24) is 10.6 Å². The summed E-state index contributed by atoms with van der Waals surface area (Å²) in [5.41, 5.74) is 0.955. The van der Waals surface area contributed by atoms with Crippen LogP contribution in [0.15, 0.2) is 17.1 Å². The summed E-state index contributed by atoms with van der Waals surface area (Å²) in [7, 11) is 6.60. The Bertz CT molecular complexity index is 550. The van der Waals surface area contributed by atoms with Crippen LogP contribution in [-0.4, -0.2) is 54.1 Å². The second-order valence-electron chi connectivity index (χ2n) is 5.69. The highest BCUT2D eigenvalue weighted by molar-refractivity contribution is 5.79. The summed E-state index contributed by atoms with van der Waals surface area (Å²) in [4.78, 5) is 4.24. The number of nitrogens with one attached hydrogen (secondary N) is 2. The van der Waals surface area contributed by atoms with Crippen molar-refractivity contribution in [2.45, 2.75) is 32.7 Å². The van der Waals surface area contributed by atoms with E-state index >= 15 is 0 Å². The maximum atomic E-state index is 5.55. The van der Waals surface area contributed by atoms with E-state index < -0.39 is 0 Å². The average Bonchev–Trinajstić information content (AvgIpc) is 2.68. The molecule has 0 aliphatic heterocycles. The number of hydrogen-bond acceptors (Lipinski definition) is 5. The van der Waals surface area contributed by atoms with E-state index in [0.29, 0.717) is 18.0 Å². The summed E-state index contributed by atoms with van der Waals surface area (Å²) >= 11 is 0. The van der Waals surface area contributed by atoms with Gasteiger partial charge in [-0.3, -0.25) is 4.99 Å². The van der Waals surface area contributed by atoms with Crippen LogP contribution in [0.1, 0.15) is 31.7 Å². The summed E-state index contributed by atoms with van der Waals surface area (Å²) in [5, 5.41) is 6.56. The van der Waals surface area contributed by atoms with E-state index in [4.69, 9.17) is 18.9 Å². The van der Waals surface area contributed by atoms with E-state index in [1.54, 1.807) is 28.4 Å². The van der Waals surface area contributed by atoms with E-state index in [9.17, 15) is 0 Å². The van der Waals surface area contributed by atoms with Gasteiger partial charge in [-0.2, -0.15) is 0 Å². The summed E-state index contributed by atoms with van der Waals surface area (Å²) < 4.78 is 21.7. The predicted octanol–water partition coefficient (Wildman–Crippen LogP) is 2.58. The van der Waals surface area contributed by atoms with Crippen molar-refractivity contribution < 1.29 is 18.9 Å². The fraction of sp³-hybridized carbons (Fsp3) is 0.632. The van der Waals surface area contributed by atoms with Crippen LogP contribution in [0.3, 0.4) is 0 Å². The molecule has 26 heavy (non-hydrogen) atoms. The Labute approximate surface area is 157 Å². The molecule has 0 spiro atoms. The Morgan fingerprint density at radius 3 is 2.19 bits per heavy atom. The number of ether oxygens (including phenoxy) is 4. The Kier molecular flexibility index (Phi) is 11.0. The smallest absolute Gasteiger partial charge is 0.191 e. The van der Waals surface area contributed by atoms with Gasteiger partial charge in [0.2, 0.25) is 0 Å². The molecule has 1 aromatic carbocycles. The molecule has 0 saturated heterocycles. The van der Waals surface area contributed by atoms with E-state index in [1.807, 2.05) is 12.1 Å². The van der Waals surface area contributed by atoms with Crippen molar-refractivity contribution in [2.24, 2.45) is 4.99 Å². The normalized spacial score (nSPS) is 11.2. The third-order valence-electron chi connectivity index (χ3n) is 3.86. The van der Waals surface area contributed by atoms with E-state index in [1.165, 1.54) is 0 Å². The molecule has 148 valence electrons.